The maximum Gasteiger partial charge on any atom is 0.411 e. The third-order valence-corrected chi connectivity index (χ3v) is 3.09. The van der Waals surface area contributed by atoms with Gasteiger partial charge in [-0.25, -0.2) is 13.6 Å². The molecule has 0 aliphatic rings. The first-order chi connectivity index (χ1) is 10.9. The van der Waals surface area contributed by atoms with Gasteiger partial charge in [0.2, 0.25) is 0 Å². The highest BCUT2D eigenvalue weighted by molar-refractivity contribution is 6.05. The van der Waals surface area contributed by atoms with Crippen molar-refractivity contribution in [1.29, 1.82) is 0 Å². The van der Waals surface area contributed by atoms with E-state index in [-0.39, 0.29) is 16.9 Å². The molecule has 5 nitrogen and oxygen atoms in total. The van der Waals surface area contributed by atoms with E-state index in [9.17, 15) is 18.4 Å². The van der Waals surface area contributed by atoms with E-state index in [0.717, 1.165) is 19.2 Å². The van der Waals surface area contributed by atoms with Gasteiger partial charge in [0, 0.05) is 11.3 Å². The Hall–Kier alpha value is -2.96. The first-order valence-electron chi connectivity index (χ1n) is 6.62. The van der Waals surface area contributed by atoms with Crippen LogP contribution in [0.5, 0.6) is 0 Å². The van der Waals surface area contributed by atoms with E-state index >= 15 is 0 Å². The summed E-state index contributed by atoms with van der Waals surface area (Å²) >= 11 is 0. The SMILES string of the molecule is COC(=O)Nc1cc(NC(=O)c2cc(F)ccc2C)ccc1F. The lowest BCUT2D eigenvalue weighted by molar-refractivity contribution is 0.102. The van der Waals surface area contributed by atoms with Gasteiger partial charge in [0.1, 0.15) is 11.6 Å². The van der Waals surface area contributed by atoms with Gasteiger partial charge in [-0.2, -0.15) is 0 Å². The lowest BCUT2D eigenvalue weighted by Gasteiger charge is -2.10. The minimum absolute atomic E-state index is 0.148. The van der Waals surface area contributed by atoms with Crippen LogP contribution in [0.4, 0.5) is 25.0 Å². The number of halogens is 2. The molecule has 0 heterocycles. The molecular formula is C16H14F2N2O3. The minimum atomic E-state index is -0.839. The van der Waals surface area contributed by atoms with E-state index in [4.69, 9.17) is 0 Å². The van der Waals surface area contributed by atoms with Crippen LogP contribution in [-0.2, 0) is 4.74 Å². The van der Waals surface area contributed by atoms with E-state index in [2.05, 4.69) is 15.4 Å². The number of methoxy groups -OCH3 is 1. The second-order valence-electron chi connectivity index (χ2n) is 4.72. The number of anilines is 2. The van der Waals surface area contributed by atoms with Crippen LogP contribution in [0.1, 0.15) is 15.9 Å². The Bertz CT molecular complexity index is 763. The molecular weight excluding hydrogens is 306 g/mol. The molecule has 0 aliphatic heterocycles. The molecule has 0 bridgehead atoms. The lowest BCUT2D eigenvalue weighted by atomic mass is 10.1. The molecule has 0 aliphatic carbocycles. The molecule has 0 radical (unpaired) electrons. The van der Waals surface area contributed by atoms with E-state index in [1.807, 2.05) is 0 Å². The van der Waals surface area contributed by atoms with Crippen molar-refractivity contribution in [1.82, 2.24) is 0 Å². The average molecular weight is 320 g/mol. The van der Waals surface area contributed by atoms with Crippen molar-refractivity contribution in [3.05, 3.63) is 59.2 Å². The Morgan fingerprint density at radius 3 is 2.48 bits per heavy atom. The van der Waals surface area contributed by atoms with Crippen molar-refractivity contribution in [2.45, 2.75) is 6.92 Å². The summed E-state index contributed by atoms with van der Waals surface area (Å²) in [6.07, 6.45) is -0.839. The molecule has 2 rings (SSSR count). The molecule has 0 unspecified atom stereocenters. The fourth-order valence-corrected chi connectivity index (χ4v) is 1.90. The highest BCUT2D eigenvalue weighted by Gasteiger charge is 2.13. The zero-order chi connectivity index (χ0) is 17.0. The summed E-state index contributed by atoms with van der Waals surface area (Å²) in [4.78, 5) is 23.3. The van der Waals surface area contributed by atoms with Gasteiger partial charge in [0.05, 0.1) is 12.8 Å². The van der Waals surface area contributed by atoms with Crippen molar-refractivity contribution in [3.63, 3.8) is 0 Å². The zero-order valence-electron chi connectivity index (χ0n) is 12.4. The van der Waals surface area contributed by atoms with Gasteiger partial charge < -0.3 is 10.1 Å². The Kier molecular flexibility index (Phi) is 4.90. The van der Waals surface area contributed by atoms with Gasteiger partial charge in [-0.05, 0) is 42.8 Å². The summed E-state index contributed by atoms with van der Waals surface area (Å²) in [6.45, 7) is 1.67. The maximum atomic E-state index is 13.6. The van der Waals surface area contributed by atoms with Crippen LogP contribution in [-0.4, -0.2) is 19.1 Å². The smallest absolute Gasteiger partial charge is 0.411 e. The molecule has 0 atom stereocenters. The molecule has 2 N–H and O–H groups in total. The van der Waals surface area contributed by atoms with Crippen LogP contribution >= 0.6 is 0 Å². The van der Waals surface area contributed by atoms with Crippen LogP contribution in [0.2, 0.25) is 0 Å². The van der Waals surface area contributed by atoms with Gasteiger partial charge >= 0.3 is 6.09 Å². The predicted molar refractivity (Wildman–Crippen MR) is 81.5 cm³/mol. The number of rotatable bonds is 3. The summed E-state index contributed by atoms with van der Waals surface area (Å²) < 4.78 is 31.2. The fourth-order valence-electron chi connectivity index (χ4n) is 1.90. The number of ether oxygens (including phenoxy) is 1. The van der Waals surface area contributed by atoms with Gasteiger partial charge in [-0.15, -0.1) is 0 Å². The van der Waals surface area contributed by atoms with Crippen molar-refractivity contribution < 1.29 is 23.1 Å². The first-order valence-corrected chi connectivity index (χ1v) is 6.62. The number of amides is 2. The van der Waals surface area contributed by atoms with Gasteiger partial charge in [-0.3, -0.25) is 10.1 Å². The van der Waals surface area contributed by atoms with E-state index < -0.39 is 23.6 Å². The van der Waals surface area contributed by atoms with Crippen molar-refractivity contribution in [3.8, 4) is 0 Å². The number of carbonyl (C=O) groups is 2. The molecule has 0 fully saturated rings. The molecule has 2 amide bonds. The third kappa shape index (κ3) is 4.03. The first kappa shape index (κ1) is 16.4. The molecule has 0 saturated carbocycles. The predicted octanol–water partition coefficient (Wildman–Crippen LogP) is 3.70. The molecule has 23 heavy (non-hydrogen) atoms. The van der Waals surface area contributed by atoms with Crippen molar-refractivity contribution in [2.75, 3.05) is 17.7 Å². The summed E-state index contributed by atoms with van der Waals surface area (Å²) in [7, 11) is 1.14. The second kappa shape index (κ2) is 6.87. The zero-order valence-corrected chi connectivity index (χ0v) is 12.4. The van der Waals surface area contributed by atoms with Gasteiger partial charge in [0.25, 0.3) is 5.91 Å². The largest absolute Gasteiger partial charge is 0.453 e. The number of benzene rings is 2. The molecule has 0 spiro atoms. The molecule has 2 aromatic carbocycles. The van der Waals surface area contributed by atoms with Gasteiger partial charge in [-0.1, -0.05) is 6.07 Å². The topological polar surface area (TPSA) is 67.4 Å². The van der Waals surface area contributed by atoms with E-state index in [1.165, 1.54) is 24.3 Å². The Labute approximate surface area is 131 Å². The molecule has 0 saturated heterocycles. The van der Waals surface area contributed by atoms with Crippen LogP contribution in [0.3, 0.4) is 0 Å². The Morgan fingerprint density at radius 2 is 1.78 bits per heavy atom. The quantitative estimate of drug-likeness (QED) is 0.906. The van der Waals surface area contributed by atoms with E-state index in [0.29, 0.717) is 5.56 Å². The summed E-state index contributed by atoms with van der Waals surface area (Å²) in [5, 5.41) is 4.71. The highest BCUT2D eigenvalue weighted by Crippen LogP contribution is 2.21. The number of carbonyl (C=O) groups excluding carboxylic acids is 2. The van der Waals surface area contributed by atoms with Crippen molar-refractivity contribution in [2.24, 2.45) is 0 Å². The number of hydrogen-bond acceptors (Lipinski definition) is 3. The molecule has 2 aromatic rings. The number of hydrogen-bond donors (Lipinski definition) is 2. The Balaban J connectivity index is 2.22. The molecule has 7 heteroatoms. The number of nitrogens with one attached hydrogen (secondary N) is 2. The summed E-state index contributed by atoms with van der Waals surface area (Å²) in [5.74, 6) is -1.76. The maximum absolute atomic E-state index is 13.6. The van der Waals surface area contributed by atoms with Crippen LogP contribution < -0.4 is 10.6 Å². The highest BCUT2D eigenvalue weighted by atomic mass is 19.1. The van der Waals surface area contributed by atoms with Crippen LogP contribution in [0.15, 0.2) is 36.4 Å². The molecule has 0 aromatic heterocycles. The monoisotopic (exact) mass is 320 g/mol. The summed E-state index contributed by atoms with van der Waals surface area (Å²) in [6, 6.07) is 7.49. The lowest BCUT2D eigenvalue weighted by Crippen LogP contribution is -2.15. The third-order valence-electron chi connectivity index (χ3n) is 3.09. The van der Waals surface area contributed by atoms with Gasteiger partial charge in [0.15, 0.2) is 0 Å². The minimum Gasteiger partial charge on any atom is -0.453 e. The molecule has 120 valence electrons. The summed E-state index contributed by atoms with van der Waals surface area (Å²) in [5.41, 5.74) is 0.854. The average Bonchev–Trinajstić information content (AvgIpc) is 2.52. The normalized spacial score (nSPS) is 10.1. The van der Waals surface area contributed by atoms with Crippen LogP contribution in [0.25, 0.3) is 0 Å². The number of aryl methyl sites for hydroxylation is 1. The Morgan fingerprint density at radius 1 is 1.04 bits per heavy atom. The van der Waals surface area contributed by atoms with Crippen molar-refractivity contribution >= 4 is 23.4 Å². The standard InChI is InChI=1S/C16H14F2N2O3/c1-9-3-4-10(17)7-12(9)15(21)19-11-5-6-13(18)14(8-11)20-16(22)23-2/h3-8H,1-2H3,(H,19,21)(H,20,22). The fraction of sp³-hybridized carbons (Fsp3) is 0.125. The van der Waals surface area contributed by atoms with E-state index in [1.54, 1.807) is 6.92 Å². The van der Waals surface area contributed by atoms with Crippen LogP contribution in [0, 0.1) is 18.6 Å². The second-order valence-corrected chi connectivity index (χ2v) is 4.72.